The fourth-order valence-electron chi connectivity index (χ4n) is 5.45. The van der Waals surface area contributed by atoms with Gasteiger partial charge in [0.25, 0.3) is 0 Å². The van der Waals surface area contributed by atoms with Gasteiger partial charge in [0.15, 0.2) is 0 Å². The molecule has 12 heteroatoms. The molecule has 5 rings (SSSR count). The zero-order chi connectivity index (χ0) is 30.9. The first-order valence-electron chi connectivity index (χ1n) is 14.2. The quantitative estimate of drug-likeness (QED) is 0.176. The molecule has 2 aromatic heterocycles. The van der Waals surface area contributed by atoms with Crippen molar-refractivity contribution >= 4 is 49.6 Å². The van der Waals surface area contributed by atoms with E-state index in [0.29, 0.717) is 27.2 Å². The maximum Gasteiger partial charge on any atom is 0.237 e. The van der Waals surface area contributed by atoms with Gasteiger partial charge in [0.2, 0.25) is 10.0 Å². The summed E-state index contributed by atoms with van der Waals surface area (Å²) in [6, 6.07) is 10.8. The summed E-state index contributed by atoms with van der Waals surface area (Å²) in [5.74, 6) is -0.895. The van der Waals surface area contributed by atoms with E-state index < -0.39 is 28.3 Å². The molecular weight excluding hydrogens is 594 g/mol. The van der Waals surface area contributed by atoms with Gasteiger partial charge in [-0.1, -0.05) is 41.9 Å². The molecule has 0 fully saturated rings. The fraction of sp³-hybridized carbons (Fsp3) is 0.355. The van der Waals surface area contributed by atoms with Crippen LogP contribution in [0.4, 0.5) is 20.3 Å². The molecule has 43 heavy (non-hydrogen) atoms. The minimum absolute atomic E-state index is 0.0402. The summed E-state index contributed by atoms with van der Waals surface area (Å²) in [4.78, 5) is 4.48. The molecule has 0 bridgehead atoms. The number of benzene rings is 2. The molecule has 228 valence electrons. The Bertz CT molecular complexity index is 1790. The van der Waals surface area contributed by atoms with Gasteiger partial charge in [0.1, 0.15) is 24.0 Å². The second-order valence-electron chi connectivity index (χ2n) is 11.2. The number of alkyl halides is 1. The Balaban J connectivity index is 1.49. The number of nitrogens with two attached hydrogens (primary N) is 1. The highest BCUT2D eigenvalue weighted by Gasteiger charge is 2.25. The Hall–Kier alpha value is -3.54. The van der Waals surface area contributed by atoms with Crippen molar-refractivity contribution in [2.24, 2.45) is 0 Å². The number of pyridine rings is 1. The third kappa shape index (κ3) is 6.68. The number of sulfonamides is 1. The van der Waals surface area contributed by atoms with Crippen molar-refractivity contribution in [2.75, 3.05) is 17.1 Å². The molecular formula is C31H35ClF2N6O2S. The molecule has 0 radical (unpaired) electrons. The van der Waals surface area contributed by atoms with Crippen LogP contribution in [0.15, 0.2) is 54.7 Å². The lowest BCUT2D eigenvalue weighted by molar-refractivity contribution is 0.347. The molecule has 0 spiro atoms. The minimum atomic E-state index is -3.94. The number of allylic oxidation sites excluding steroid dienone is 1. The maximum atomic E-state index is 15.4. The summed E-state index contributed by atoms with van der Waals surface area (Å²) in [6.07, 6.45) is 6.28. The third-order valence-electron chi connectivity index (χ3n) is 7.56. The first kappa shape index (κ1) is 30.9. The fourth-order valence-corrected chi connectivity index (χ4v) is 6.97. The van der Waals surface area contributed by atoms with Crippen LogP contribution in [0, 0.1) is 5.82 Å². The largest absolute Gasteiger partial charge is 0.383 e. The Morgan fingerprint density at radius 1 is 1.19 bits per heavy atom. The first-order valence-corrected chi connectivity index (χ1v) is 16.2. The van der Waals surface area contributed by atoms with Crippen LogP contribution in [-0.4, -0.2) is 41.9 Å². The standard InChI is InChI=1S/C31H35ClF2N6O2S/c1-18(2)40-30-24(20-8-11-23(12-9-20)37-19(3)15-33)16-36-31(35)28(30)29(38-40)21-10-13-27(26(34)14-21)39-43(41,42)17-22-6-4-5-7-25(22)32/h4-8,10,13-14,16,18-19,23,37,39H,9,11-12,15,17H2,1-3H3,(H2,35,36)/t19-,23-/m1/s1. The van der Waals surface area contributed by atoms with Crippen LogP contribution in [0.25, 0.3) is 27.7 Å². The van der Waals surface area contributed by atoms with Crippen molar-refractivity contribution in [1.82, 2.24) is 20.1 Å². The van der Waals surface area contributed by atoms with E-state index in [1.54, 1.807) is 36.5 Å². The van der Waals surface area contributed by atoms with Gasteiger partial charge in [0, 0.05) is 40.5 Å². The van der Waals surface area contributed by atoms with E-state index in [2.05, 4.69) is 21.1 Å². The zero-order valence-corrected chi connectivity index (χ0v) is 25.8. The van der Waals surface area contributed by atoms with Gasteiger partial charge >= 0.3 is 0 Å². The monoisotopic (exact) mass is 628 g/mol. The number of aromatic nitrogens is 3. The number of anilines is 2. The molecule has 0 saturated heterocycles. The van der Waals surface area contributed by atoms with Crippen molar-refractivity contribution in [3.05, 3.63) is 76.7 Å². The lowest BCUT2D eigenvalue weighted by atomic mass is 9.90. The molecule has 1 aliphatic rings. The predicted molar refractivity (Wildman–Crippen MR) is 170 cm³/mol. The molecule has 8 nitrogen and oxygen atoms in total. The molecule has 4 aromatic rings. The molecule has 0 aliphatic heterocycles. The number of nitrogen functional groups attached to an aromatic ring is 1. The molecule has 2 heterocycles. The Labute approximate surface area is 255 Å². The lowest BCUT2D eigenvalue weighted by Crippen LogP contribution is -2.38. The average molecular weight is 629 g/mol. The molecule has 2 aromatic carbocycles. The van der Waals surface area contributed by atoms with E-state index in [9.17, 15) is 12.8 Å². The van der Waals surface area contributed by atoms with Crippen molar-refractivity contribution in [2.45, 2.75) is 63.9 Å². The summed E-state index contributed by atoms with van der Waals surface area (Å²) < 4.78 is 58.2. The highest BCUT2D eigenvalue weighted by Crippen LogP contribution is 2.39. The average Bonchev–Trinajstić information content (AvgIpc) is 3.38. The van der Waals surface area contributed by atoms with Crippen LogP contribution in [0.3, 0.4) is 0 Å². The number of halogens is 3. The summed E-state index contributed by atoms with van der Waals surface area (Å²) in [5, 5.41) is 9.09. The number of fused-ring (bicyclic) bond motifs is 1. The number of hydrogen-bond donors (Lipinski definition) is 3. The SMILES string of the molecule is CC(C)n1nc(-c2ccc(NS(=O)(=O)Cc3ccccc3Cl)c(F)c2)c2c(N)ncc(C3=CC[C@@H](N[C@H](C)CF)CC3)c21. The van der Waals surface area contributed by atoms with E-state index in [-0.39, 0.29) is 29.6 Å². The van der Waals surface area contributed by atoms with Crippen molar-refractivity contribution in [3.63, 3.8) is 0 Å². The van der Waals surface area contributed by atoms with Gasteiger partial charge in [-0.3, -0.25) is 9.40 Å². The summed E-state index contributed by atoms with van der Waals surface area (Å²) in [5.41, 5.74) is 10.3. The molecule has 0 saturated carbocycles. The Morgan fingerprint density at radius 2 is 1.95 bits per heavy atom. The van der Waals surface area contributed by atoms with Crippen LogP contribution in [0.1, 0.15) is 57.2 Å². The van der Waals surface area contributed by atoms with Gasteiger partial charge < -0.3 is 11.1 Å². The van der Waals surface area contributed by atoms with Crippen LogP contribution >= 0.6 is 11.6 Å². The second kappa shape index (κ2) is 12.6. The summed E-state index contributed by atoms with van der Waals surface area (Å²) in [6.45, 7) is 5.42. The molecule has 2 atom stereocenters. The molecule has 0 unspecified atom stereocenters. The third-order valence-corrected chi connectivity index (χ3v) is 9.15. The minimum Gasteiger partial charge on any atom is -0.383 e. The van der Waals surface area contributed by atoms with Gasteiger partial charge in [0.05, 0.1) is 22.3 Å². The maximum absolute atomic E-state index is 15.4. The van der Waals surface area contributed by atoms with Gasteiger partial charge in [-0.05, 0) is 69.4 Å². The van der Waals surface area contributed by atoms with E-state index in [0.717, 1.165) is 35.9 Å². The lowest BCUT2D eigenvalue weighted by Gasteiger charge is -2.26. The normalized spacial score (nSPS) is 16.4. The van der Waals surface area contributed by atoms with E-state index in [1.807, 2.05) is 25.5 Å². The van der Waals surface area contributed by atoms with Gasteiger partial charge in [-0.25, -0.2) is 22.2 Å². The van der Waals surface area contributed by atoms with Gasteiger partial charge in [-0.2, -0.15) is 5.10 Å². The van der Waals surface area contributed by atoms with Crippen molar-refractivity contribution < 1.29 is 17.2 Å². The highest BCUT2D eigenvalue weighted by atomic mass is 35.5. The number of nitrogens with one attached hydrogen (secondary N) is 2. The van der Waals surface area contributed by atoms with E-state index >= 15 is 4.39 Å². The first-order chi connectivity index (χ1) is 20.5. The van der Waals surface area contributed by atoms with Crippen LogP contribution in [0.2, 0.25) is 5.02 Å². The summed E-state index contributed by atoms with van der Waals surface area (Å²) >= 11 is 6.12. The zero-order valence-electron chi connectivity index (χ0n) is 24.2. The number of hydrogen-bond acceptors (Lipinski definition) is 6. The van der Waals surface area contributed by atoms with E-state index in [4.69, 9.17) is 22.4 Å². The molecule has 1 aliphatic carbocycles. The van der Waals surface area contributed by atoms with Crippen LogP contribution < -0.4 is 15.8 Å². The Kier molecular flexibility index (Phi) is 9.05. The summed E-state index contributed by atoms with van der Waals surface area (Å²) in [7, 11) is -3.94. The Morgan fingerprint density at radius 3 is 2.60 bits per heavy atom. The number of nitrogens with zero attached hydrogens (tertiary/aromatic N) is 3. The van der Waals surface area contributed by atoms with Crippen LogP contribution in [-0.2, 0) is 15.8 Å². The highest BCUT2D eigenvalue weighted by molar-refractivity contribution is 7.91. The van der Waals surface area contributed by atoms with Gasteiger partial charge in [-0.15, -0.1) is 0 Å². The number of rotatable bonds is 10. The van der Waals surface area contributed by atoms with Crippen molar-refractivity contribution in [1.29, 1.82) is 0 Å². The van der Waals surface area contributed by atoms with Crippen LogP contribution in [0.5, 0.6) is 0 Å². The molecule has 0 amide bonds. The second-order valence-corrected chi connectivity index (χ2v) is 13.4. The van der Waals surface area contributed by atoms with Crippen molar-refractivity contribution in [3.8, 4) is 11.3 Å². The topological polar surface area (TPSA) is 115 Å². The predicted octanol–water partition coefficient (Wildman–Crippen LogP) is 6.88. The smallest absolute Gasteiger partial charge is 0.237 e. The molecule has 4 N–H and O–H groups in total. The van der Waals surface area contributed by atoms with E-state index in [1.165, 1.54) is 12.1 Å².